The van der Waals surface area contributed by atoms with Gasteiger partial charge in [-0.3, -0.25) is 9.48 Å². The summed E-state index contributed by atoms with van der Waals surface area (Å²) < 4.78 is 7.80. The van der Waals surface area contributed by atoms with Crippen molar-refractivity contribution in [1.29, 1.82) is 0 Å². The molecule has 2 aliphatic heterocycles. The lowest BCUT2D eigenvalue weighted by Gasteiger charge is -2.39. The molecule has 2 aliphatic rings. The van der Waals surface area contributed by atoms with E-state index in [9.17, 15) is 4.79 Å². The molecule has 7 nitrogen and oxygen atoms in total. The molecule has 0 spiro atoms. The Morgan fingerprint density at radius 3 is 2.69 bits per heavy atom. The first-order valence-electron chi connectivity index (χ1n) is 9.28. The van der Waals surface area contributed by atoms with Crippen LogP contribution in [0.15, 0.2) is 36.7 Å². The predicted octanol–water partition coefficient (Wildman–Crippen LogP) is 1.63. The van der Waals surface area contributed by atoms with E-state index < -0.39 is 0 Å². The molecular weight excluding hydrogens is 330 g/mol. The molecule has 0 aromatic carbocycles. The van der Waals surface area contributed by atoms with Crippen LogP contribution in [-0.4, -0.2) is 58.4 Å². The Morgan fingerprint density at radius 2 is 2.00 bits per heavy atom. The third kappa shape index (κ3) is 3.31. The number of carbonyl (C=O) groups excluding carboxylic acids is 1. The van der Waals surface area contributed by atoms with Gasteiger partial charge in [-0.1, -0.05) is 6.07 Å². The molecule has 0 aliphatic carbocycles. The molecule has 4 rings (SSSR count). The zero-order valence-electron chi connectivity index (χ0n) is 15.1. The number of carbonyl (C=O) groups is 1. The van der Waals surface area contributed by atoms with Crippen LogP contribution in [0.25, 0.3) is 0 Å². The summed E-state index contributed by atoms with van der Waals surface area (Å²) in [6.45, 7) is 3.78. The number of hydrogen-bond donors (Lipinski definition) is 0. The number of aryl methyl sites for hydroxylation is 1. The lowest BCUT2D eigenvalue weighted by Crippen LogP contribution is -2.51. The Kier molecular flexibility index (Phi) is 4.88. The van der Waals surface area contributed by atoms with E-state index in [1.54, 1.807) is 6.20 Å². The minimum Gasteiger partial charge on any atom is -0.371 e. The normalized spacial score (nSPS) is 23.9. The van der Waals surface area contributed by atoms with Crippen molar-refractivity contribution < 1.29 is 9.53 Å². The van der Waals surface area contributed by atoms with Gasteiger partial charge in [-0.25, -0.2) is 4.98 Å². The van der Waals surface area contributed by atoms with Crippen molar-refractivity contribution in [2.45, 2.75) is 18.9 Å². The van der Waals surface area contributed by atoms with E-state index in [-0.39, 0.29) is 17.9 Å². The summed E-state index contributed by atoms with van der Waals surface area (Å²) in [4.78, 5) is 21.8. The average molecular weight is 355 g/mol. The monoisotopic (exact) mass is 355 g/mol. The molecule has 0 radical (unpaired) electrons. The van der Waals surface area contributed by atoms with Crippen molar-refractivity contribution >= 4 is 11.7 Å². The maximum atomic E-state index is 13.2. The highest BCUT2D eigenvalue weighted by atomic mass is 16.5. The zero-order valence-corrected chi connectivity index (χ0v) is 15.1. The molecule has 2 atom stereocenters. The van der Waals surface area contributed by atoms with Crippen LogP contribution in [0.4, 0.5) is 5.82 Å². The second-order valence-corrected chi connectivity index (χ2v) is 6.92. The predicted molar refractivity (Wildman–Crippen MR) is 97.7 cm³/mol. The Labute approximate surface area is 153 Å². The number of piperazine rings is 1. The molecule has 4 heterocycles. The van der Waals surface area contributed by atoms with Gasteiger partial charge in [0.15, 0.2) is 0 Å². The Morgan fingerprint density at radius 1 is 1.15 bits per heavy atom. The summed E-state index contributed by atoms with van der Waals surface area (Å²) in [6.07, 6.45) is 5.18. The molecule has 0 unspecified atom stereocenters. The van der Waals surface area contributed by atoms with E-state index in [0.29, 0.717) is 6.61 Å². The van der Waals surface area contributed by atoms with Crippen LogP contribution in [0.1, 0.15) is 24.6 Å². The van der Waals surface area contributed by atoms with Gasteiger partial charge in [-0.05, 0) is 31.0 Å². The van der Waals surface area contributed by atoms with Gasteiger partial charge in [-0.15, -0.1) is 0 Å². The lowest BCUT2D eigenvalue weighted by atomic mass is 9.90. The van der Waals surface area contributed by atoms with Gasteiger partial charge in [0.05, 0.1) is 11.6 Å². The molecular formula is C19H25N5O2. The molecule has 2 aromatic heterocycles. The van der Waals surface area contributed by atoms with Gasteiger partial charge in [0.2, 0.25) is 5.91 Å². The zero-order chi connectivity index (χ0) is 17.9. The molecule has 2 saturated heterocycles. The first-order chi connectivity index (χ1) is 12.7. The minimum absolute atomic E-state index is 0.124. The molecule has 0 bridgehead atoms. The van der Waals surface area contributed by atoms with E-state index in [4.69, 9.17) is 4.74 Å². The molecule has 2 aromatic rings. The van der Waals surface area contributed by atoms with Crippen LogP contribution < -0.4 is 4.90 Å². The van der Waals surface area contributed by atoms with Crippen molar-refractivity contribution in [3.63, 3.8) is 0 Å². The minimum atomic E-state index is -0.197. The summed E-state index contributed by atoms with van der Waals surface area (Å²) in [6, 6.07) is 7.89. The first kappa shape index (κ1) is 17.0. The number of anilines is 1. The number of hydrogen-bond acceptors (Lipinski definition) is 5. The fourth-order valence-corrected chi connectivity index (χ4v) is 3.92. The maximum Gasteiger partial charge on any atom is 0.228 e. The highest BCUT2D eigenvalue weighted by molar-refractivity contribution is 5.80. The van der Waals surface area contributed by atoms with Gasteiger partial charge >= 0.3 is 0 Å². The number of pyridine rings is 1. The maximum absolute atomic E-state index is 13.2. The standard InChI is InChI=1S/C19H25N5O2/c1-22-16(7-9-21-22)18-15(5-4-14-26-18)19(25)24-12-10-23(11-13-24)17-6-2-3-8-20-17/h2-3,6-9,15,18H,4-5,10-14H2,1H3/t15-,18-/m1/s1. The van der Waals surface area contributed by atoms with E-state index in [2.05, 4.69) is 15.0 Å². The van der Waals surface area contributed by atoms with Crippen molar-refractivity contribution in [2.75, 3.05) is 37.7 Å². The van der Waals surface area contributed by atoms with E-state index in [1.165, 1.54) is 0 Å². The van der Waals surface area contributed by atoms with E-state index >= 15 is 0 Å². The average Bonchev–Trinajstić information content (AvgIpc) is 3.14. The van der Waals surface area contributed by atoms with Gasteiger partial charge in [-0.2, -0.15) is 5.10 Å². The van der Waals surface area contributed by atoms with Gasteiger partial charge in [0.25, 0.3) is 0 Å². The highest BCUT2D eigenvalue weighted by Crippen LogP contribution is 2.34. The molecule has 1 amide bonds. The van der Waals surface area contributed by atoms with Gasteiger partial charge in [0, 0.05) is 52.2 Å². The Bertz CT molecular complexity index is 739. The SMILES string of the molecule is Cn1nccc1[C@@H]1OCCC[C@H]1C(=O)N1CCN(c2ccccn2)CC1. The summed E-state index contributed by atoms with van der Waals surface area (Å²) in [5.74, 6) is 1.06. The number of rotatable bonds is 3. The van der Waals surface area contributed by atoms with Crippen LogP contribution in [-0.2, 0) is 16.6 Å². The smallest absolute Gasteiger partial charge is 0.228 e. The number of ether oxygens (including phenoxy) is 1. The molecule has 138 valence electrons. The van der Waals surface area contributed by atoms with Crippen molar-refractivity contribution in [3.05, 3.63) is 42.4 Å². The highest BCUT2D eigenvalue weighted by Gasteiger charge is 2.37. The molecule has 2 fully saturated rings. The van der Waals surface area contributed by atoms with Crippen molar-refractivity contribution in [2.24, 2.45) is 13.0 Å². The van der Waals surface area contributed by atoms with E-state index in [1.807, 2.05) is 47.1 Å². The van der Waals surface area contributed by atoms with Crippen molar-refractivity contribution in [1.82, 2.24) is 19.7 Å². The van der Waals surface area contributed by atoms with Crippen LogP contribution in [0.2, 0.25) is 0 Å². The van der Waals surface area contributed by atoms with Crippen LogP contribution in [0, 0.1) is 5.92 Å². The lowest BCUT2D eigenvalue weighted by molar-refractivity contribution is -0.146. The Hall–Kier alpha value is -2.41. The summed E-state index contributed by atoms with van der Waals surface area (Å²) >= 11 is 0. The summed E-state index contributed by atoms with van der Waals surface area (Å²) in [5.41, 5.74) is 0.982. The number of nitrogens with zero attached hydrogens (tertiary/aromatic N) is 5. The first-order valence-corrected chi connectivity index (χ1v) is 9.28. The molecule has 0 saturated carbocycles. The summed E-state index contributed by atoms with van der Waals surface area (Å²) in [5, 5.41) is 4.24. The largest absolute Gasteiger partial charge is 0.371 e. The third-order valence-electron chi connectivity index (χ3n) is 5.35. The van der Waals surface area contributed by atoms with E-state index in [0.717, 1.165) is 50.5 Å². The number of amides is 1. The van der Waals surface area contributed by atoms with Gasteiger partial charge < -0.3 is 14.5 Å². The summed E-state index contributed by atoms with van der Waals surface area (Å²) in [7, 11) is 1.90. The van der Waals surface area contributed by atoms with Crippen LogP contribution >= 0.6 is 0 Å². The van der Waals surface area contributed by atoms with Crippen LogP contribution in [0.5, 0.6) is 0 Å². The van der Waals surface area contributed by atoms with Crippen LogP contribution in [0.3, 0.4) is 0 Å². The molecule has 7 heteroatoms. The van der Waals surface area contributed by atoms with Crippen molar-refractivity contribution in [3.8, 4) is 0 Å². The molecule has 26 heavy (non-hydrogen) atoms. The third-order valence-corrected chi connectivity index (χ3v) is 5.35. The second kappa shape index (κ2) is 7.45. The molecule has 0 N–H and O–H groups in total. The topological polar surface area (TPSA) is 63.5 Å². The van der Waals surface area contributed by atoms with Gasteiger partial charge in [0.1, 0.15) is 11.9 Å². The number of aromatic nitrogens is 3. The Balaban J connectivity index is 1.43. The fourth-order valence-electron chi connectivity index (χ4n) is 3.92. The fraction of sp³-hybridized carbons (Fsp3) is 0.526. The second-order valence-electron chi connectivity index (χ2n) is 6.92. The quantitative estimate of drug-likeness (QED) is 0.837.